The van der Waals surface area contributed by atoms with Crippen molar-refractivity contribution < 1.29 is 4.74 Å². The van der Waals surface area contributed by atoms with Gasteiger partial charge in [0, 0.05) is 19.1 Å². The van der Waals surface area contributed by atoms with Crippen LogP contribution < -0.4 is 5.73 Å². The molecule has 0 saturated heterocycles. The first-order valence-corrected chi connectivity index (χ1v) is 4.58. The zero-order valence-corrected chi connectivity index (χ0v) is 8.71. The van der Waals surface area contributed by atoms with Crippen molar-refractivity contribution >= 4 is 0 Å². The third kappa shape index (κ3) is 7.98. The van der Waals surface area contributed by atoms with Gasteiger partial charge in [0.05, 0.1) is 12.7 Å². The summed E-state index contributed by atoms with van der Waals surface area (Å²) in [6, 6.07) is 0.244. The van der Waals surface area contributed by atoms with Gasteiger partial charge in [-0.1, -0.05) is 0 Å². The normalized spacial score (nSPS) is 14.2. The van der Waals surface area contributed by atoms with Gasteiger partial charge >= 0.3 is 0 Å². The summed E-state index contributed by atoms with van der Waals surface area (Å²) in [6.07, 6.45) is 0.327. The van der Waals surface area contributed by atoms with Gasteiger partial charge in [-0.2, -0.15) is 0 Å². The van der Waals surface area contributed by atoms with Crippen molar-refractivity contribution in [3.8, 4) is 0 Å². The molecular formula is C9H22N2O. The summed E-state index contributed by atoms with van der Waals surface area (Å²) in [5, 5.41) is 0. The lowest BCUT2D eigenvalue weighted by molar-refractivity contribution is 0.0632. The van der Waals surface area contributed by atoms with Crippen LogP contribution in [-0.2, 0) is 4.74 Å². The molecule has 3 nitrogen and oxygen atoms in total. The maximum atomic E-state index is 5.64. The molecule has 0 rings (SSSR count). The second-order valence-electron chi connectivity index (χ2n) is 3.66. The Morgan fingerprint density at radius 2 is 1.92 bits per heavy atom. The van der Waals surface area contributed by atoms with Crippen LogP contribution in [-0.4, -0.2) is 43.8 Å². The Morgan fingerprint density at radius 1 is 1.33 bits per heavy atom. The van der Waals surface area contributed by atoms with E-state index in [4.69, 9.17) is 10.5 Å². The van der Waals surface area contributed by atoms with Gasteiger partial charge in [0.2, 0.25) is 0 Å². The molecule has 1 unspecified atom stereocenters. The predicted octanol–water partition coefficient (Wildman–Crippen LogP) is 0.690. The minimum absolute atomic E-state index is 0.244. The molecule has 0 bridgehead atoms. The molecule has 0 spiro atoms. The molecule has 0 saturated carbocycles. The molecule has 74 valence electrons. The van der Waals surface area contributed by atoms with Crippen LogP contribution >= 0.6 is 0 Å². The van der Waals surface area contributed by atoms with Gasteiger partial charge in [-0.3, -0.25) is 0 Å². The molecule has 0 aromatic heterocycles. The number of ether oxygens (including phenoxy) is 1. The van der Waals surface area contributed by atoms with E-state index in [1.54, 1.807) is 0 Å². The molecule has 0 aromatic carbocycles. The zero-order chi connectivity index (χ0) is 9.56. The Bertz CT molecular complexity index is 105. The Kier molecular flexibility index (Phi) is 6.34. The van der Waals surface area contributed by atoms with Crippen molar-refractivity contribution in [3.63, 3.8) is 0 Å². The topological polar surface area (TPSA) is 38.5 Å². The van der Waals surface area contributed by atoms with Crippen LogP contribution in [0.4, 0.5) is 0 Å². The summed E-state index contributed by atoms with van der Waals surface area (Å²) in [5.74, 6) is 0. The fourth-order valence-electron chi connectivity index (χ4n) is 1.03. The SMILES string of the molecule is CC(N)CN(C)CCOC(C)C. The third-order valence-electron chi connectivity index (χ3n) is 1.52. The smallest absolute Gasteiger partial charge is 0.0596 e. The van der Waals surface area contributed by atoms with Crippen molar-refractivity contribution in [2.24, 2.45) is 5.73 Å². The van der Waals surface area contributed by atoms with E-state index in [-0.39, 0.29) is 6.04 Å². The fourth-order valence-corrected chi connectivity index (χ4v) is 1.03. The summed E-state index contributed by atoms with van der Waals surface area (Å²) in [7, 11) is 2.06. The van der Waals surface area contributed by atoms with Crippen molar-refractivity contribution in [3.05, 3.63) is 0 Å². The molecular weight excluding hydrogens is 152 g/mol. The van der Waals surface area contributed by atoms with Crippen molar-refractivity contribution in [2.45, 2.75) is 32.9 Å². The molecule has 0 radical (unpaired) electrons. The molecule has 0 aliphatic heterocycles. The molecule has 0 fully saturated rings. The quantitative estimate of drug-likeness (QED) is 0.644. The Labute approximate surface area is 75.9 Å². The van der Waals surface area contributed by atoms with E-state index in [1.165, 1.54) is 0 Å². The van der Waals surface area contributed by atoms with E-state index < -0.39 is 0 Å². The van der Waals surface area contributed by atoms with Crippen LogP contribution in [0.1, 0.15) is 20.8 Å². The van der Waals surface area contributed by atoms with Gasteiger partial charge in [0.15, 0.2) is 0 Å². The summed E-state index contributed by atoms with van der Waals surface area (Å²) in [4.78, 5) is 2.19. The first kappa shape index (κ1) is 11.9. The second-order valence-corrected chi connectivity index (χ2v) is 3.66. The average Bonchev–Trinajstić information content (AvgIpc) is 1.84. The Hall–Kier alpha value is -0.120. The summed E-state index contributed by atoms with van der Waals surface area (Å²) >= 11 is 0. The zero-order valence-electron chi connectivity index (χ0n) is 8.71. The second kappa shape index (κ2) is 6.40. The number of hydrogen-bond donors (Lipinski definition) is 1. The number of hydrogen-bond acceptors (Lipinski definition) is 3. The molecule has 0 aliphatic carbocycles. The molecule has 0 heterocycles. The largest absolute Gasteiger partial charge is 0.377 e. The van der Waals surface area contributed by atoms with Crippen LogP contribution in [0.5, 0.6) is 0 Å². The van der Waals surface area contributed by atoms with Gasteiger partial charge in [0.25, 0.3) is 0 Å². The van der Waals surface area contributed by atoms with Gasteiger partial charge in [-0.25, -0.2) is 0 Å². The van der Waals surface area contributed by atoms with E-state index >= 15 is 0 Å². The molecule has 0 amide bonds. The molecule has 12 heavy (non-hydrogen) atoms. The Morgan fingerprint density at radius 3 is 2.33 bits per heavy atom. The van der Waals surface area contributed by atoms with Crippen molar-refractivity contribution in [1.29, 1.82) is 0 Å². The Balaban J connectivity index is 3.25. The van der Waals surface area contributed by atoms with Crippen LogP contribution in [0, 0.1) is 0 Å². The van der Waals surface area contributed by atoms with E-state index in [2.05, 4.69) is 11.9 Å². The first-order valence-electron chi connectivity index (χ1n) is 4.58. The van der Waals surface area contributed by atoms with Crippen molar-refractivity contribution in [2.75, 3.05) is 26.7 Å². The maximum absolute atomic E-state index is 5.64. The van der Waals surface area contributed by atoms with Gasteiger partial charge in [-0.05, 0) is 27.8 Å². The summed E-state index contributed by atoms with van der Waals surface area (Å²) in [6.45, 7) is 8.79. The molecule has 0 aliphatic rings. The number of nitrogens with two attached hydrogens (primary N) is 1. The van der Waals surface area contributed by atoms with E-state index in [9.17, 15) is 0 Å². The number of likely N-dealkylation sites (N-methyl/N-ethyl adjacent to an activating group) is 1. The van der Waals surface area contributed by atoms with E-state index in [1.807, 2.05) is 20.8 Å². The minimum Gasteiger partial charge on any atom is -0.377 e. The van der Waals surface area contributed by atoms with E-state index in [0.717, 1.165) is 19.7 Å². The van der Waals surface area contributed by atoms with Crippen molar-refractivity contribution in [1.82, 2.24) is 4.90 Å². The van der Waals surface area contributed by atoms with Gasteiger partial charge in [-0.15, -0.1) is 0 Å². The third-order valence-corrected chi connectivity index (χ3v) is 1.52. The van der Waals surface area contributed by atoms with Crippen LogP contribution in [0.15, 0.2) is 0 Å². The van der Waals surface area contributed by atoms with Crippen LogP contribution in [0.25, 0.3) is 0 Å². The number of rotatable bonds is 6. The lowest BCUT2D eigenvalue weighted by Gasteiger charge is -2.19. The number of nitrogens with zero attached hydrogens (tertiary/aromatic N) is 1. The van der Waals surface area contributed by atoms with Crippen LogP contribution in [0.3, 0.4) is 0 Å². The van der Waals surface area contributed by atoms with Gasteiger partial charge in [0.1, 0.15) is 0 Å². The highest BCUT2D eigenvalue weighted by Gasteiger charge is 2.01. The standard InChI is InChI=1S/C9H22N2O/c1-8(2)12-6-5-11(4)7-9(3)10/h8-9H,5-7,10H2,1-4H3. The molecule has 3 heteroatoms. The molecule has 2 N–H and O–H groups in total. The summed E-state index contributed by atoms with van der Waals surface area (Å²) in [5.41, 5.74) is 5.64. The van der Waals surface area contributed by atoms with E-state index in [0.29, 0.717) is 6.10 Å². The lowest BCUT2D eigenvalue weighted by Crippen LogP contribution is -2.35. The maximum Gasteiger partial charge on any atom is 0.0596 e. The highest BCUT2D eigenvalue weighted by molar-refractivity contribution is 4.59. The highest BCUT2D eigenvalue weighted by Crippen LogP contribution is 1.90. The lowest BCUT2D eigenvalue weighted by atomic mass is 10.3. The van der Waals surface area contributed by atoms with Gasteiger partial charge < -0.3 is 15.4 Å². The molecule has 0 aromatic rings. The summed E-state index contributed by atoms with van der Waals surface area (Å²) < 4.78 is 5.41. The molecule has 1 atom stereocenters. The first-order chi connectivity index (χ1) is 5.52. The predicted molar refractivity (Wildman–Crippen MR) is 52.2 cm³/mol. The highest BCUT2D eigenvalue weighted by atomic mass is 16.5. The monoisotopic (exact) mass is 174 g/mol. The average molecular weight is 174 g/mol. The fraction of sp³-hybridized carbons (Fsp3) is 1.00. The van der Waals surface area contributed by atoms with Crippen LogP contribution in [0.2, 0.25) is 0 Å². The minimum atomic E-state index is 0.244.